The highest BCUT2D eigenvalue weighted by molar-refractivity contribution is 5.96. The predicted molar refractivity (Wildman–Crippen MR) is 88.4 cm³/mol. The lowest BCUT2D eigenvalue weighted by molar-refractivity contribution is 0.0604. The first kappa shape index (κ1) is 17.4. The number of carbonyl (C=O) groups is 1. The lowest BCUT2D eigenvalue weighted by Gasteiger charge is -2.36. The Morgan fingerprint density at radius 2 is 1.83 bits per heavy atom. The van der Waals surface area contributed by atoms with Crippen molar-refractivity contribution in [2.45, 2.75) is 31.7 Å². The Labute approximate surface area is 137 Å². The summed E-state index contributed by atoms with van der Waals surface area (Å²) in [5, 5.41) is 0. The molecule has 0 radical (unpaired) electrons. The SMILES string of the molecule is COc1cc(C(=O)N2CCCCC2CCN)cc(OC)c1OC. The summed E-state index contributed by atoms with van der Waals surface area (Å²) in [7, 11) is 4.64. The minimum atomic E-state index is -0.0117. The second-order valence-electron chi connectivity index (χ2n) is 5.64. The molecule has 0 aromatic heterocycles. The van der Waals surface area contributed by atoms with Crippen LogP contribution in [0.25, 0.3) is 0 Å². The van der Waals surface area contributed by atoms with E-state index in [0.717, 1.165) is 32.2 Å². The first-order valence-corrected chi connectivity index (χ1v) is 7.97. The van der Waals surface area contributed by atoms with Crippen molar-refractivity contribution in [1.29, 1.82) is 0 Å². The van der Waals surface area contributed by atoms with E-state index >= 15 is 0 Å². The van der Waals surface area contributed by atoms with Crippen molar-refractivity contribution in [1.82, 2.24) is 4.90 Å². The van der Waals surface area contributed by atoms with Crippen LogP contribution in [0.3, 0.4) is 0 Å². The summed E-state index contributed by atoms with van der Waals surface area (Å²) in [5.41, 5.74) is 6.24. The normalized spacial score (nSPS) is 17.7. The Morgan fingerprint density at radius 3 is 2.35 bits per heavy atom. The molecule has 1 aliphatic rings. The molecule has 128 valence electrons. The molecule has 1 aromatic rings. The van der Waals surface area contributed by atoms with Crippen molar-refractivity contribution < 1.29 is 19.0 Å². The molecule has 1 aromatic carbocycles. The van der Waals surface area contributed by atoms with E-state index < -0.39 is 0 Å². The van der Waals surface area contributed by atoms with E-state index in [9.17, 15) is 4.79 Å². The molecule has 1 fully saturated rings. The van der Waals surface area contributed by atoms with Gasteiger partial charge < -0.3 is 24.8 Å². The Kier molecular flexibility index (Phi) is 6.10. The molecule has 0 spiro atoms. The molecule has 0 bridgehead atoms. The van der Waals surface area contributed by atoms with Gasteiger partial charge in [0.25, 0.3) is 5.91 Å². The molecule has 6 nitrogen and oxygen atoms in total. The molecular weight excluding hydrogens is 296 g/mol. The summed E-state index contributed by atoms with van der Waals surface area (Å²) >= 11 is 0. The van der Waals surface area contributed by atoms with Crippen molar-refractivity contribution in [3.8, 4) is 17.2 Å². The molecule has 1 aliphatic heterocycles. The number of hydrogen-bond donors (Lipinski definition) is 1. The lowest BCUT2D eigenvalue weighted by atomic mass is 9.98. The van der Waals surface area contributed by atoms with Crippen LogP contribution in [-0.4, -0.2) is 51.3 Å². The number of piperidine rings is 1. The standard InChI is InChI=1S/C17H26N2O4/c1-21-14-10-12(11-15(22-2)16(14)23-3)17(20)19-9-5-4-6-13(19)7-8-18/h10-11,13H,4-9,18H2,1-3H3. The van der Waals surface area contributed by atoms with Gasteiger partial charge in [-0.3, -0.25) is 4.79 Å². The van der Waals surface area contributed by atoms with Crippen LogP contribution >= 0.6 is 0 Å². The molecule has 1 atom stereocenters. The van der Waals surface area contributed by atoms with Gasteiger partial charge in [-0.1, -0.05) is 0 Å². The van der Waals surface area contributed by atoms with Crippen LogP contribution in [0.1, 0.15) is 36.0 Å². The summed E-state index contributed by atoms with van der Waals surface area (Å²) in [5.74, 6) is 1.45. The average Bonchev–Trinajstić information content (AvgIpc) is 2.60. The third-order valence-electron chi connectivity index (χ3n) is 4.30. The number of carbonyl (C=O) groups excluding carboxylic acids is 1. The first-order chi connectivity index (χ1) is 11.2. The van der Waals surface area contributed by atoms with Crippen LogP contribution in [-0.2, 0) is 0 Å². The van der Waals surface area contributed by atoms with Crippen molar-refractivity contribution in [3.63, 3.8) is 0 Å². The van der Waals surface area contributed by atoms with E-state index in [1.807, 2.05) is 4.90 Å². The third-order valence-corrected chi connectivity index (χ3v) is 4.30. The zero-order chi connectivity index (χ0) is 16.8. The molecular formula is C17H26N2O4. The molecule has 1 saturated heterocycles. The quantitative estimate of drug-likeness (QED) is 0.868. The molecule has 23 heavy (non-hydrogen) atoms. The fourth-order valence-corrected chi connectivity index (χ4v) is 3.13. The minimum absolute atomic E-state index is 0.0117. The van der Waals surface area contributed by atoms with Gasteiger partial charge in [-0.05, 0) is 44.4 Å². The number of benzene rings is 1. The topological polar surface area (TPSA) is 74.0 Å². The van der Waals surface area contributed by atoms with E-state index in [4.69, 9.17) is 19.9 Å². The number of hydrogen-bond acceptors (Lipinski definition) is 5. The van der Waals surface area contributed by atoms with Crippen LogP contribution < -0.4 is 19.9 Å². The van der Waals surface area contributed by atoms with Gasteiger partial charge in [-0.2, -0.15) is 0 Å². The fourth-order valence-electron chi connectivity index (χ4n) is 3.13. The number of ether oxygens (including phenoxy) is 3. The Bertz CT molecular complexity index is 520. The number of methoxy groups -OCH3 is 3. The zero-order valence-electron chi connectivity index (χ0n) is 14.1. The smallest absolute Gasteiger partial charge is 0.254 e. The number of nitrogens with zero attached hydrogens (tertiary/aromatic N) is 1. The molecule has 2 N–H and O–H groups in total. The van der Waals surface area contributed by atoms with Gasteiger partial charge >= 0.3 is 0 Å². The van der Waals surface area contributed by atoms with Gasteiger partial charge in [-0.25, -0.2) is 0 Å². The first-order valence-electron chi connectivity index (χ1n) is 7.97. The maximum Gasteiger partial charge on any atom is 0.254 e. The summed E-state index contributed by atoms with van der Waals surface area (Å²) in [6.07, 6.45) is 4.00. The van der Waals surface area contributed by atoms with Gasteiger partial charge in [0.2, 0.25) is 5.75 Å². The largest absolute Gasteiger partial charge is 0.493 e. The Hall–Kier alpha value is -1.95. The maximum absolute atomic E-state index is 13.0. The fraction of sp³-hybridized carbons (Fsp3) is 0.588. The summed E-state index contributed by atoms with van der Waals surface area (Å²) in [6, 6.07) is 3.62. The molecule has 6 heteroatoms. The highest BCUT2D eigenvalue weighted by Gasteiger charge is 2.28. The number of rotatable bonds is 6. The third kappa shape index (κ3) is 3.69. The lowest BCUT2D eigenvalue weighted by Crippen LogP contribution is -2.44. The Morgan fingerprint density at radius 1 is 1.17 bits per heavy atom. The summed E-state index contributed by atoms with van der Waals surface area (Å²) in [4.78, 5) is 14.9. The summed E-state index contributed by atoms with van der Waals surface area (Å²) in [6.45, 7) is 1.35. The van der Waals surface area contributed by atoms with Crippen molar-refractivity contribution in [3.05, 3.63) is 17.7 Å². The van der Waals surface area contributed by atoms with Gasteiger partial charge in [0.15, 0.2) is 11.5 Å². The zero-order valence-corrected chi connectivity index (χ0v) is 14.1. The predicted octanol–water partition coefficient (Wildman–Crippen LogP) is 2.06. The van der Waals surface area contributed by atoms with Crippen LogP contribution in [0.2, 0.25) is 0 Å². The van der Waals surface area contributed by atoms with Crippen molar-refractivity contribution >= 4 is 5.91 Å². The van der Waals surface area contributed by atoms with E-state index in [1.54, 1.807) is 33.5 Å². The number of nitrogens with two attached hydrogens (primary N) is 1. The minimum Gasteiger partial charge on any atom is -0.493 e. The second-order valence-corrected chi connectivity index (χ2v) is 5.64. The second kappa shape index (κ2) is 8.06. The number of amides is 1. The van der Waals surface area contributed by atoms with Crippen molar-refractivity contribution in [2.24, 2.45) is 5.73 Å². The van der Waals surface area contributed by atoms with Gasteiger partial charge in [0.1, 0.15) is 0 Å². The van der Waals surface area contributed by atoms with Crippen LogP contribution in [0.15, 0.2) is 12.1 Å². The van der Waals surface area contributed by atoms with Gasteiger partial charge in [0.05, 0.1) is 21.3 Å². The van der Waals surface area contributed by atoms with Crippen LogP contribution in [0.4, 0.5) is 0 Å². The Balaban J connectivity index is 2.34. The van der Waals surface area contributed by atoms with Gasteiger partial charge in [-0.15, -0.1) is 0 Å². The molecule has 2 rings (SSSR count). The van der Waals surface area contributed by atoms with E-state index in [1.165, 1.54) is 0 Å². The average molecular weight is 322 g/mol. The number of likely N-dealkylation sites (tertiary alicyclic amines) is 1. The highest BCUT2D eigenvalue weighted by atomic mass is 16.5. The highest BCUT2D eigenvalue weighted by Crippen LogP contribution is 2.38. The molecule has 1 amide bonds. The van der Waals surface area contributed by atoms with Gasteiger partial charge in [0, 0.05) is 18.2 Å². The van der Waals surface area contributed by atoms with Crippen molar-refractivity contribution in [2.75, 3.05) is 34.4 Å². The molecule has 0 saturated carbocycles. The molecule has 1 heterocycles. The molecule has 0 aliphatic carbocycles. The summed E-state index contributed by atoms with van der Waals surface area (Å²) < 4.78 is 16.0. The molecule has 1 unspecified atom stereocenters. The van der Waals surface area contributed by atoms with Crippen LogP contribution in [0, 0.1) is 0 Å². The van der Waals surface area contributed by atoms with E-state index in [0.29, 0.717) is 29.4 Å². The maximum atomic E-state index is 13.0. The van der Waals surface area contributed by atoms with Crippen LogP contribution in [0.5, 0.6) is 17.2 Å². The van der Waals surface area contributed by atoms with E-state index in [-0.39, 0.29) is 11.9 Å². The monoisotopic (exact) mass is 322 g/mol. The van der Waals surface area contributed by atoms with E-state index in [2.05, 4.69) is 0 Å².